The Morgan fingerprint density at radius 1 is 1.35 bits per heavy atom. The van der Waals surface area contributed by atoms with Gasteiger partial charge in [-0.25, -0.2) is 13.6 Å². The van der Waals surface area contributed by atoms with Crippen molar-refractivity contribution in [3.63, 3.8) is 0 Å². The minimum Gasteiger partial charge on any atom is -0.383 e. The lowest BCUT2D eigenvalue weighted by Gasteiger charge is -2.06. The highest BCUT2D eigenvalue weighted by molar-refractivity contribution is 7.89. The summed E-state index contributed by atoms with van der Waals surface area (Å²) in [4.78, 5) is 0.179. The van der Waals surface area contributed by atoms with E-state index in [1.807, 2.05) is 13.8 Å². The van der Waals surface area contributed by atoms with Crippen LogP contribution >= 0.6 is 0 Å². The van der Waals surface area contributed by atoms with Gasteiger partial charge in [0.15, 0.2) is 0 Å². The highest BCUT2D eigenvalue weighted by atomic mass is 32.2. The Morgan fingerprint density at radius 2 is 2.00 bits per heavy atom. The SMILES string of the molecule is CCc1nn(CCOC)c(CC)c1S(N)(=O)=O. The summed E-state index contributed by atoms with van der Waals surface area (Å²) >= 11 is 0. The van der Waals surface area contributed by atoms with Crippen molar-refractivity contribution in [2.75, 3.05) is 13.7 Å². The van der Waals surface area contributed by atoms with Crippen LogP contribution in [0.3, 0.4) is 0 Å². The molecular formula is C10H19N3O3S. The summed E-state index contributed by atoms with van der Waals surface area (Å²) in [5.41, 5.74) is 1.18. The fraction of sp³-hybridized carbons (Fsp3) is 0.700. The number of nitrogens with zero attached hydrogens (tertiary/aromatic N) is 2. The lowest BCUT2D eigenvalue weighted by molar-refractivity contribution is 0.182. The van der Waals surface area contributed by atoms with Crippen molar-refractivity contribution in [1.29, 1.82) is 0 Å². The minimum atomic E-state index is -3.72. The molecular weight excluding hydrogens is 242 g/mol. The van der Waals surface area contributed by atoms with E-state index in [0.29, 0.717) is 37.4 Å². The second-order valence-electron chi connectivity index (χ2n) is 3.69. The Morgan fingerprint density at radius 3 is 2.41 bits per heavy atom. The molecule has 0 amide bonds. The number of rotatable bonds is 6. The van der Waals surface area contributed by atoms with Gasteiger partial charge in [-0.3, -0.25) is 4.68 Å². The number of ether oxygens (including phenoxy) is 1. The van der Waals surface area contributed by atoms with Crippen LogP contribution in [0.5, 0.6) is 0 Å². The fourth-order valence-electron chi connectivity index (χ4n) is 1.80. The van der Waals surface area contributed by atoms with Gasteiger partial charge in [-0.15, -0.1) is 0 Å². The highest BCUT2D eigenvalue weighted by Gasteiger charge is 2.23. The summed E-state index contributed by atoms with van der Waals surface area (Å²) < 4.78 is 29.8. The number of primary sulfonamides is 1. The van der Waals surface area contributed by atoms with Crippen molar-refractivity contribution in [3.05, 3.63) is 11.4 Å². The Bertz CT molecular complexity index is 479. The van der Waals surface area contributed by atoms with Crippen molar-refractivity contribution in [2.24, 2.45) is 5.14 Å². The Balaban J connectivity index is 3.31. The summed E-state index contributed by atoms with van der Waals surface area (Å²) in [6, 6.07) is 0. The molecule has 0 bridgehead atoms. The second-order valence-corrected chi connectivity index (χ2v) is 5.19. The first-order chi connectivity index (χ1) is 7.95. The van der Waals surface area contributed by atoms with Gasteiger partial charge in [-0.2, -0.15) is 5.10 Å². The maximum absolute atomic E-state index is 11.6. The van der Waals surface area contributed by atoms with Crippen LogP contribution in [0.25, 0.3) is 0 Å². The van der Waals surface area contributed by atoms with Crippen molar-refractivity contribution >= 4 is 10.0 Å². The molecule has 0 aliphatic heterocycles. The van der Waals surface area contributed by atoms with Crippen LogP contribution in [-0.4, -0.2) is 31.9 Å². The van der Waals surface area contributed by atoms with E-state index in [9.17, 15) is 8.42 Å². The number of hydrogen-bond donors (Lipinski definition) is 1. The molecule has 17 heavy (non-hydrogen) atoms. The van der Waals surface area contributed by atoms with Gasteiger partial charge in [-0.05, 0) is 12.8 Å². The summed E-state index contributed by atoms with van der Waals surface area (Å²) in [6.45, 7) is 4.76. The van der Waals surface area contributed by atoms with Crippen LogP contribution in [0.1, 0.15) is 25.2 Å². The number of hydrogen-bond acceptors (Lipinski definition) is 4. The highest BCUT2D eigenvalue weighted by Crippen LogP contribution is 2.20. The van der Waals surface area contributed by atoms with Crippen LogP contribution in [0.4, 0.5) is 0 Å². The topological polar surface area (TPSA) is 87.2 Å². The Labute approximate surface area is 102 Å². The molecule has 0 unspecified atom stereocenters. The first kappa shape index (κ1) is 14.1. The lowest BCUT2D eigenvalue weighted by Crippen LogP contribution is -2.16. The zero-order chi connectivity index (χ0) is 13.1. The van der Waals surface area contributed by atoms with Crippen LogP contribution in [0, 0.1) is 0 Å². The van der Waals surface area contributed by atoms with E-state index in [-0.39, 0.29) is 4.90 Å². The molecule has 1 aromatic heterocycles. The number of aryl methyl sites for hydroxylation is 1. The molecule has 1 aromatic rings. The fourth-order valence-corrected chi connectivity index (χ4v) is 2.89. The third kappa shape index (κ3) is 3.05. The molecule has 0 aromatic carbocycles. The van der Waals surface area contributed by atoms with E-state index in [2.05, 4.69) is 5.10 Å². The Hall–Kier alpha value is -0.920. The molecule has 0 spiro atoms. The quantitative estimate of drug-likeness (QED) is 0.798. The molecule has 0 aliphatic rings. The smallest absolute Gasteiger partial charge is 0.241 e. The van der Waals surface area contributed by atoms with E-state index in [4.69, 9.17) is 9.88 Å². The van der Waals surface area contributed by atoms with E-state index >= 15 is 0 Å². The zero-order valence-electron chi connectivity index (χ0n) is 10.4. The zero-order valence-corrected chi connectivity index (χ0v) is 11.2. The van der Waals surface area contributed by atoms with Gasteiger partial charge in [0.1, 0.15) is 4.90 Å². The number of nitrogens with two attached hydrogens (primary N) is 1. The third-order valence-electron chi connectivity index (χ3n) is 2.54. The predicted molar refractivity (Wildman–Crippen MR) is 64.2 cm³/mol. The molecule has 7 heteroatoms. The molecule has 0 radical (unpaired) electrons. The van der Waals surface area contributed by atoms with Crippen molar-refractivity contribution < 1.29 is 13.2 Å². The molecule has 6 nitrogen and oxygen atoms in total. The van der Waals surface area contributed by atoms with Crippen LogP contribution in [0.2, 0.25) is 0 Å². The van der Waals surface area contributed by atoms with Gasteiger partial charge in [-0.1, -0.05) is 13.8 Å². The van der Waals surface area contributed by atoms with E-state index in [1.165, 1.54) is 0 Å². The summed E-state index contributed by atoms with van der Waals surface area (Å²) in [5, 5.41) is 9.52. The van der Waals surface area contributed by atoms with Crippen LogP contribution in [0.15, 0.2) is 4.90 Å². The van der Waals surface area contributed by atoms with Gasteiger partial charge in [0.2, 0.25) is 10.0 Å². The molecule has 0 atom stereocenters. The Kier molecular flexibility index (Phi) is 4.67. The third-order valence-corrected chi connectivity index (χ3v) is 3.58. The molecule has 0 saturated heterocycles. The standard InChI is InChI=1S/C10H19N3O3S/c1-4-8-10(17(11,14)15)9(5-2)13(12-8)6-7-16-3/h4-7H2,1-3H3,(H2,11,14,15). The summed E-state index contributed by atoms with van der Waals surface area (Å²) in [5.74, 6) is 0. The van der Waals surface area contributed by atoms with Crippen molar-refractivity contribution in [1.82, 2.24) is 9.78 Å². The van der Waals surface area contributed by atoms with E-state index < -0.39 is 10.0 Å². The monoisotopic (exact) mass is 261 g/mol. The predicted octanol–water partition coefficient (Wildman–Crippen LogP) is 0.302. The molecule has 2 N–H and O–H groups in total. The summed E-state index contributed by atoms with van der Waals surface area (Å²) in [6.07, 6.45) is 1.11. The molecule has 0 aliphatic carbocycles. The lowest BCUT2D eigenvalue weighted by atomic mass is 10.2. The molecule has 98 valence electrons. The van der Waals surface area contributed by atoms with Crippen molar-refractivity contribution in [2.45, 2.75) is 38.1 Å². The summed E-state index contributed by atoms with van der Waals surface area (Å²) in [7, 11) is -2.12. The van der Waals surface area contributed by atoms with Crippen LogP contribution < -0.4 is 5.14 Å². The van der Waals surface area contributed by atoms with Crippen LogP contribution in [-0.2, 0) is 34.1 Å². The number of methoxy groups -OCH3 is 1. The average Bonchev–Trinajstić information content (AvgIpc) is 2.63. The first-order valence-corrected chi connectivity index (χ1v) is 7.10. The average molecular weight is 261 g/mol. The number of sulfonamides is 1. The van der Waals surface area contributed by atoms with Gasteiger partial charge >= 0.3 is 0 Å². The largest absolute Gasteiger partial charge is 0.383 e. The van der Waals surface area contributed by atoms with Gasteiger partial charge < -0.3 is 4.74 Å². The van der Waals surface area contributed by atoms with E-state index in [0.717, 1.165) is 0 Å². The van der Waals surface area contributed by atoms with Gasteiger partial charge in [0.05, 0.1) is 24.5 Å². The molecule has 1 rings (SSSR count). The normalized spacial score (nSPS) is 12.0. The first-order valence-electron chi connectivity index (χ1n) is 5.55. The van der Waals surface area contributed by atoms with E-state index in [1.54, 1.807) is 11.8 Å². The number of aromatic nitrogens is 2. The molecule has 1 heterocycles. The second kappa shape index (κ2) is 5.61. The maximum atomic E-state index is 11.6. The molecule has 0 saturated carbocycles. The maximum Gasteiger partial charge on any atom is 0.241 e. The van der Waals surface area contributed by atoms with Gasteiger partial charge in [0.25, 0.3) is 0 Å². The van der Waals surface area contributed by atoms with Gasteiger partial charge in [0, 0.05) is 7.11 Å². The molecule has 0 fully saturated rings. The van der Waals surface area contributed by atoms with Crippen molar-refractivity contribution in [3.8, 4) is 0 Å². The minimum absolute atomic E-state index is 0.179.